The molecule has 2 rings (SSSR count). The molecule has 20 heavy (non-hydrogen) atoms. The molecule has 2 N–H and O–H groups in total. The third kappa shape index (κ3) is 3.55. The molecular weight excluding hydrogens is 318 g/mol. The summed E-state index contributed by atoms with van der Waals surface area (Å²) in [4.78, 5) is 9.08. The quantitative estimate of drug-likeness (QED) is 0.911. The van der Waals surface area contributed by atoms with E-state index in [4.69, 9.17) is 10.5 Å². The monoisotopic (exact) mass is 335 g/mol. The Hall–Kier alpha value is -1.46. The van der Waals surface area contributed by atoms with Crippen LogP contribution in [-0.2, 0) is 6.42 Å². The summed E-state index contributed by atoms with van der Waals surface area (Å²) in [6, 6.07) is 7.85. The summed E-state index contributed by atoms with van der Waals surface area (Å²) in [7, 11) is 1.66. The second-order valence-electron chi connectivity index (χ2n) is 4.55. The van der Waals surface area contributed by atoms with E-state index >= 15 is 0 Å². The van der Waals surface area contributed by atoms with Gasteiger partial charge in [0.25, 0.3) is 0 Å². The van der Waals surface area contributed by atoms with E-state index < -0.39 is 0 Å². The summed E-state index contributed by atoms with van der Waals surface area (Å²) < 4.78 is 6.41. The molecule has 0 unspecified atom stereocenters. The van der Waals surface area contributed by atoms with Crippen molar-refractivity contribution in [2.45, 2.75) is 19.8 Å². The molecule has 1 heterocycles. The number of aromatic nitrogens is 2. The van der Waals surface area contributed by atoms with E-state index in [9.17, 15) is 0 Å². The van der Waals surface area contributed by atoms with Crippen LogP contribution in [0.25, 0.3) is 11.3 Å². The Bertz CT molecular complexity index is 602. The Balaban J connectivity index is 2.46. The topological polar surface area (TPSA) is 61.0 Å². The van der Waals surface area contributed by atoms with E-state index in [2.05, 4.69) is 25.9 Å². The Kier molecular flexibility index (Phi) is 5.09. The van der Waals surface area contributed by atoms with Crippen molar-refractivity contribution in [2.24, 2.45) is 5.73 Å². The Morgan fingerprint density at radius 2 is 2.05 bits per heavy atom. The van der Waals surface area contributed by atoms with E-state index in [1.54, 1.807) is 7.11 Å². The second kappa shape index (κ2) is 6.81. The normalized spacial score (nSPS) is 10.6. The van der Waals surface area contributed by atoms with Crippen LogP contribution in [0.2, 0.25) is 0 Å². The van der Waals surface area contributed by atoms with E-state index in [0.717, 1.165) is 45.8 Å². The van der Waals surface area contributed by atoms with Gasteiger partial charge in [-0.2, -0.15) is 0 Å². The van der Waals surface area contributed by atoms with Crippen LogP contribution >= 0.6 is 15.9 Å². The highest BCUT2D eigenvalue weighted by molar-refractivity contribution is 9.10. The molecule has 0 aliphatic heterocycles. The fraction of sp³-hybridized carbons (Fsp3) is 0.333. The van der Waals surface area contributed by atoms with Gasteiger partial charge < -0.3 is 10.5 Å². The average molecular weight is 336 g/mol. The highest BCUT2D eigenvalue weighted by atomic mass is 79.9. The van der Waals surface area contributed by atoms with Gasteiger partial charge in [0.05, 0.1) is 12.8 Å². The maximum atomic E-state index is 5.55. The lowest BCUT2D eigenvalue weighted by atomic mass is 10.1. The lowest BCUT2D eigenvalue weighted by molar-refractivity contribution is 0.416. The summed E-state index contributed by atoms with van der Waals surface area (Å²) in [6.07, 6.45) is 1.68. The number of nitrogens with zero attached hydrogens (tertiary/aromatic N) is 2. The van der Waals surface area contributed by atoms with Crippen molar-refractivity contribution >= 4 is 15.9 Å². The van der Waals surface area contributed by atoms with Gasteiger partial charge in [-0.05, 0) is 44.2 Å². The molecule has 0 fully saturated rings. The summed E-state index contributed by atoms with van der Waals surface area (Å²) in [5, 5.41) is 0. The predicted molar refractivity (Wildman–Crippen MR) is 83.8 cm³/mol. The first-order valence-corrected chi connectivity index (χ1v) is 7.32. The number of hydrogen-bond acceptors (Lipinski definition) is 4. The lowest BCUT2D eigenvalue weighted by Crippen LogP contribution is -2.05. The molecule has 0 atom stereocenters. The molecular formula is C15H18BrN3O. The zero-order valence-electron chi connectivity index (χ0n) is 11.7. The summed E-state index contributed by atoms with van der Waals surface area (Å²) in [6.45, 7) is 2.62. The van der Waals surface area contributed by atoms with Crippen molar-refractivity contribution in [1.82, 2.24) is 9.97 Å². The van der Waals surface area contributed by atoms with Crippen LogP contribution < -0.4 is 10.5 Å². The van der Waals surface area contributed by atoms with Crippen LogP contribution in [0.4, 0.5) is 0 Å². The molecule has 0 spiro atoms. The smallest absolute Gasteiger partial charge is 0.129 e. The van der Waals surface area contributed by atoms with Crippen molar-refractivity contribution in [3.8, 4) is 17.0 Å². The Morgan fingerprint density at radius 1 is 1.25 bits per heavy atom. The maximum Gasteiger partial charge on any atom is 0.129 e. The van der Waals surface area contributed by atoms with Gasteiger partial charge in [0.1, 0.15) is 11.6 Å². The number of ether oxygens (including phenoxy) is 1. The van der Waals surface area contributed by atoms with Gasteiger partial charge in [-0.1, -0.05) is 15.9 Å². The Labute approximate surface area is 127 Å². The largest absolute Gasteiger partial charge is 0.496 e. The van der Waals surface area contributed by atoms with Crippen molar-refractivity contribution in [3.05, 3.63) is 40.3 Å². The molecule has 1 aromatic heterocycles. The average Bonchev–Trinajstić information content (AvgIpc) is 2.44. The van der Waals surface area contributed by atoms with Gasteiger partial charge in [-0.3, -0.25) is 0 Å². The van der Waals surface area contributed by atoms with Crippen molar-refractivity contribution in [1.29, 1.82) is 0 Å². The first-order valence-electron chi connectivity index (χ1n) is 6.52. The number of rotatable bonds is 5. The molecule has 2 aromatic rings. The van der Waals surface area contributed by atoms with Gasteiger partial charge in [0.15, 0.2) is 0 Å². The van der Waals surface area contributed by atoms with Crippen LogP contribution in [0.5, 0.6) is 5.75 Å². The van der Waals surface area contributed by atoms with Gasteiger partial charge in [-0.25, -0.2) is 9.97 Å². The SMILES string of the molecule is COc1ccc(Br)cc1-c1cc(C)nc(CCCN)n1. The number of benzene rings is 1. The molecule has 0 saturated heterocycles. The molecule has 106 valence electrons. The number of nitrogens with two attached hydrogens (primary N) is 1. The molecule has 0 amide bonds. The van der Waals surface area contributed by atoms with Crippen LogP contribution in [0.3, 0.4) is 0 Å². The van der Waals surface area contributed by atoms with E-state index in [0.29, 0.717) is 6.54 Å². The van der Waals surface area contributed by atoms with Gasteiger partial charge in [0.2, 0.25) is 0 Å². The number of aryl methyl sites for hydroxylation is 2. The van der Waals surface area contributed by atoms with Gasteiger partial charge >= 0.3 is 0 Å². The summed E-state index contributed by atoms with van der Waals surface area (Å²) in [5.74, 6) is 1.63. The fourth-order valence-corrected chi connectivity index (χ4v) is 2.38. The third-order valence-electron chi connectivity index (χ3n) is 2.94. The molecule has 5 heteroatoms. The predicted octanol–water partition coefficient (Wildman–Crippen LogP) is 3.11. The van der Waals surface area contributed by atoms with E-state index in [1.807, 2.05) is 31.2 Å². The molecule has 0 radical (unpaired) electrons. The molecule has 0 aliphatic carbocycles. The fourth-order valence-electron chi connectivity index (χ4n) is 2.02. The van der Waals surface area contributed by atoms with Crippen LogP contribution in [-0.4, -0.2) is 23.6 Å². The lowest BCUT2D eigenvalue weighted by Gasteiger charge is -2.10. The Morgan fingerprint density at radius 3 is 2.75 bits per heavy atom. The van der Waals surface area contributed by atoms with Gasteiger partial charge in [0, 0.05) is 22.2 Å². The minimum absolute atomic E-state index is 0.646. The standard InChI is InChI=1S/C15H18BrN3O/c1-10-8-13(19-15(18-10)4-3-7-17)12-9-11(16)5-6-14(12)20-2/h5-6,8-9H,3-4,7,17H2,1-2H3. The second-order valence-corrected chi connectivity index (χ2v) is 5.46. The number of methoxy groups -OCH3 is 1. The zero-order valence-corrected chi connectivity index (χ0v) is 13.3. The van der Waals surface area contributed by atoms with E-state index in [1.165, 1.54) is 0 Å². The molecule has 0 aliphatic rings. The van der Waals surface area contributed by atoms with Crippen molar-refractivity contribution in [2.75, 3.05) is 13.7 Å². The van der Waals surface area contributed by atoms with Crippen LogP contribution in [0.15, 0.2) is 28.7 Å². The first kappa shape index (κ1) is 14.9. The zero-order chi connectivity index (χ0) is 14.5. The minimum atomic E-state index is 0.646. The third-order valence-corrected chi connectivity index (χ3v) is 3.44. The molecule has 0 bridgehead atoms. The molecule has 4 nitrogen and oxygen atoms in total. The van der Waals surface area contributed by atoms with E-state index in [-0.39, 0.29) is 0 Å². The molecule has 0 saturated carbocycles. The minimum Gasteiger partial charge on any atom is -0.496 e. The van der Waals surface area contributed by atoms with Crippen LogP contribution in [0, 0.1) is 6.92 Å². The summed E-state index contributed by atoms with van der Waals surface area (Å²) in [5.41, 5.74) is 8.33. The summed E-state index contributed by atoms with van der Waals surface area (Å²) >= 11 is 3.49. The van der Waals surface area contributed by atoms with Crippen LogP contribution in [0.1, 0.15) is 17.9 Å². The van der Waals surface area contributed by atoms with Gasteiger partial charge in [-0.15, -0.1) is 0 Å². The highest BCUT2D eigenvalue weighted by Gasteiger charge is 2.10. The van der Waals surface area contributed by atoms with Crippen molar-refractivity contribution in [3.63, 3.8) is 0 Å². The first-order chi connectivity index (χ1) is 9.63. The number of hydrogen-bond donors (Lipinski definition) is 1. The maximum absolute atomic E-state index is 5.55. The number of halogens is 1. The van der Waals surface area contributed by atoms with Crippen molar-refractivity contribution < 1.29 is 4.74 Å². The highest BCUT2D eigenvalue weighted by Crippen LogP contribution is 2.31. The molecule has 1 aromatic carbocycles.